The Hall–Kier alpha value is -1.47. The van der Waals surface area contributed by atoms with Crippen molar-refractivity contribution in [3.8, 4) is 0 Å². The zero-order valence-corrected chi connectivity index (χ0v) is 11.5. The van der Waals surface area contributed by atoms with Crippen LogP contribution in [-0.4, -0.2) is 47.0 Å². The van der Waals surface area contributed by atoms with Gasteiger partial charge in [0.15, 0.2) is 10.8 Å². The normalized spacial score (nSPS) is 10.7. The van der Waals surface area contributed by atoms with Crippen molar-refractivity contribution in [2.75, 3.05) is 25.5 Å². The number of anilines is 1. The number of amides is 1. The standard InChI is InChI=1S/C11H17N3O3S/c1-4-5-14(3)6-8(15)12-11-13-9(10(16)17)7(2)18-11/h4-6H2,1-3H3,(H,16,17)(H,12,13,15). The number of hydrogen-bond acceptors (Lipinski definition) is 5. The first-order valence-corrected chi connectivity index (χ1v) is 6.44. The second-order valence-electron chi connectivity index (χ2n) is 4.01. The number of carboxylic acid groups (broad SMARTS) is 1. The summed E-state index contributed by atoms with van der Waals surface area (Å²) in [5.41, 5.74) is -0.00258. The number of rotatable bonds is 6. The Balaban J connectivity index is 2.59. The SMILES string of the molecule is CCCN(C)CC(=O)Nc1nc(C(=O)O)c(C)s1. The van der Waals surface area contributed by atoms with E-state index in [2.05, 4.69) is 10.3 Å². The summed E-state index contributed by atoms with van der Waals surface area (Å²) in [4.78, 5) is 28.8. The van der Waals surface area contributed by atoms with Crippen LogP contribution in [0.5, 0.6) is 0 Å². The van der Waals surface area contributed by atoms with E-state index in [0.29, 0.717) is 10.0 Å². The molecule has 0 bridgehead atoms. The van der Waals surface area contributed by atoms with Crippen molar-refractivity contribution in [2.45, 2.75) is 20.3 Å². The summed E-state index contributed by atoms with van der Waals surface area (Å²) in [5.74, 6) is -1.26. The molecule has 0 saturated carbocycles. The van der Waals surface area contributed by atoms with Crippen molar-refractivity contribution in [3.05, 3.63) is 10.6 Å². The molecule has 0 radical (unpaired) electrons. The second-order valence-corrected chi connectivity index (χ2v) is 5.22. The highest BCUT2D eigenvalue weighted by Gasteiger charge is 2.15. The Kier molecular flexibility index (Phi) is 5.24. The molecule has 0 unspecified atom stereocenters. The molecule has 1 aromatic rings. The first-order chi connectivity index (χ1) is 8.43. The van der Waals surface area contributed by atoms with Crippen LogP contribution in [0.2, 0.25) is 0 Å². The van der Waals surface area contributed by atoms with Crippen molar-refractivity contribution in [2.24, 2.45) is 0 Å². The second kappa shape index (κ2) is 6.46. The molecular weight excluding hydrogens is 254 g/mol. The van der Waals surface area contributed by atoms with Gasteiger partial charge in [0.05, 0.1) is 6.54 Å². The van der Waals surface area contributed by atoms with Gasteiger partial charge in [0.1, 0.15) is 0 Å². The maximum Gasteiger partial charge on any atom is 0.355 e. The Morgan fingerprint density at radius 3 is 2.67 bits per heavy atom. The molecule has 1 amide bonds. The molecule has 18 heavy (non-hydrogen) atoms. The third kappa shape index (κ3) is 4.08. The van der Waals surface area contributed by atoms with Crippen LogP contribution in [0.1, 0.15) is 28.7 Å². The zero-order chi connectivity index (χ0) is 13.7. The summed E-state index contributed by atoms with van der Waals surface area (Å²) >= 11 is 1.17. The van der Waals surface area contributed by atoms with Gasteiger partial charge in [-0.05, 0) is 26.9 Å². The fourth-order valence-corrected chi connectivity index (χ4v) is 2.33. The van der Waals surface area contributed by atoms with Crippen molar-refractivity contribution in [1.82, 2.24) is 9.88 Å². The van der Waals surface area contributed by atoms with Crippen LogP contribution in [0.25, 0.3) is 0 Å². The van der Waals surface area contributed by atoms with Crippen molar-refractivity contribution >= 4 is 28.3 Å². The van der Waals surface area contributed by atoms with Crippen molar-refractivity contribution < 1.29 is 14.7 Å². The number of hydrogen-bond donors (Lipinski definition) is 2. The summed E-state index contributed by atoms with van der Waals surface area (Å²) in [6.45, 7) is 4.82. The average Bonchev–Trinajstić information content (AvgIpc) is 2.59. The van der Waals surface area contributed by atoms with Gasteiger partial charge in [0, 0.05) is 4.88 Å². The van der Waals surface area contributed by atoms with Gasteiger partial charge in [-0.15, -0.1) is 11.3 Å². The molecule has 0 saturated heterocycles. The first-order valence-electron chi connectivity index (χ1n) is 5.63. The Bertz CT molecular complexity index is 445. The lowest BCUT2D eigenvalue weighted by atomic mass is 10.4. The molecule has 0 aliphatic rings. The molecule has 0 fully saturated rings. The van der Waals surface area contributed by atoms with E-state index in [-0.39, 0.29) is 18.1 Å². The minimum atomic E-state index is -1.08. The summed E-state index contributed by atoms with van der Waals surface area (Å²) in [6.07, 6.45) is 0.975. The minimum Gasteiger partial charge on any atom is -0.476 e. The molecule has 0 spiro atoms. The van der Waals surface area contributed by atoms with Crippen molar-refractivity contribution in [1.29, 1.82) is 0 Å². The van der Waals surface area contributed by atoms with E-state index in [1.165, 1.54) is 11.3 Å². The van der Waals surface area contributed by atoms with Crippen LogP contribution >= 0.6 is 11.3 Å². The molecule has 0 atom stereocenters. The van der Waals surface area contributed by atoms with Gasteiger partial charge in [0.25, 0.3) is 0 Å². The molecule has 100 valence electrons. The van der Waals surface area contributed by atoms with E-state index < -0.39 is 5.97 Å². The number of likely N-dealkylation sites (N-methyl/N-ethyl adjacent to an activating group) is 1. The molecule has 7 heteroatoms. The highest BCUT2D eigenvalue weighted by atomic mass is 32.1. The lowest BCUT2D eigenvalue weighted by Gasteiger charge is -2.13. The summed E-state index contributed by atoms with van der Waals surface area (Å²) < 4.78 is 0. The summed E-state index contributed by atoms with van der Waals surface area (Å²) in [6, 6.07) is 0. The molecule has 0 aliphatic carbocycles. The Morgan fingerprint density at radius 1 is 1.50 bits per heavy atom. The van der Waals surface area contributed by atoms with Gasteiger partial charge in [-0.25, -0.2) is 9.78 Å². The molecule has 0 aromatic carbocycles. The topological polar surface area (TPSA) is 82.5 Å². The van der Waals surface area contributed by atoms with E-state index in [1.807, 2.05) is 18.9 Å². The number of aromatic carboxylic acids is 1. The van der Waals surface area contributed by atoms with Crippen LogP contribution < -0.4 is 5.32 Å². The van der Waals surface area contributed by atoms with Crippen molar-refractivity contribution in [3.63, 3.8) is 0 Å². The predicted molar refractivity (Wildman–Crippen MR) is 70.2 cm³/mol. The number of aryl methyl sites for hydroxylation is 1. The number of thiazole rings is 1. The molecule has 2 N–H and O–H groups in total. The highest BCUT2D eigenvalue weighted by molar-refractivity contribution is 7.16. The predicted octanol–water partition coefficient (Wildman–Crippen LogP) is 1.43. The van der Waals surface area contributed by atoms with E-state index in [0.717, 1.165) is 13.0 Å². The zero-order valence-electron chi connectivity index (χ0n) is 10.7. The first kappa shape index (κ1) is 14.6. The smallest absolute Gasteiger partial charge is 0.355 e. The molecule has 6 nitrogen and oxygen atoms in total. The van der Waals surface area contributed by atoms with Gasteiger partial charge < -0.3 is 10.4 Å². The van der Waals surface area contributed by atoms with Gasteiger partial charge >= 0.3 is 5.97 Å². The third-order valence-corrected chi connectivity index (χ3v) is 3.15. The Morgan fingerprint density at radius 2 is 2.17 bits per heavy atom. The fraction of sp³-hybridized carbons (Fsp3) is 0.545. The summed E-state index contributed by atoms with van der Waals surface area (Å²) in [7, 11) is 1.86. The minimum absolute atomic E-state index is 0.00258. The molecule has 1 rings (SSSR count). The monoisotopic (exact) mass is 271 g/mol. The number of nitrogens with zero attached hydrogens (tertiary/aromatic N) is 2. The largest absolute Gasteiger partial charge is 0.476 e. The van der Waals surface area contributed by atoms with E-state index in [1.54, 1.807) is 6.92 Å². The number of carbonyl (C=O) groups excluding carboxylic acids is 1. The number of aromatic nitrogens is 1. The van der Waals surface area contributed by atoms with Crippen LogP contribution in [0.15, 0.2) is 0 Å². The average molecular weight is 271 g/mol. The summed E-state index contributed by atoms with van der Waals surface area (Å²) in [5, 5.41) is 11.8. The maximum atomic E-state index is 11.7. The maximum absolute atomic E-state index is 11.7. The molecule has 1 aromatic heterocycles. The number of nitrogens with one attached hydrogen (secondary N) is 1. The van der Waals surface area contributed by atoms with Gasteiger partial charge in [-0.3, -0.25) is 9.69 Å². The van der Waals surface area contributed by atoms with Gasteiger partial charge in [0.2, 0.25) is 5.91 Å². The van der Waals surface area contributed by atoms with Crippen LogP contribution in [0, 0.1) is 6.92 Å². The van der Waals surface area contributed by atoms with E-state index >= 15 is 0 Å². The molecular formula is C11H17N3O3S. The molecule has 0 aliphatic heterocycles. The quantitative estimate of drug-likeness (QED) is 0.818. The third-order valence-electron chi connectivity index (χ3n) is 2.26. The van der Waals surface area contributed by atoms with Gasteiger partial charge in [-0.1, -0.05) is 6.92 Å². The van der Waals surface area contributed by atoms with E-state index in [9.17, 15) is 9.59 Å². The number of carboxylic acids is 1. The lowest BCUT2D eigenvalue weighted by Crippen LogP contribution is -2.30. The van der Waals surface area contributed by atoms with E-state index in [4.69, 9.17) is 5.11 Å². The lowest BCUT2D eigenvalue weighted by molar-refractivity contribution is -0.117. The highest BCUT2D eigenvalue weighted by Crippen LogP contribution is 2.21. The van der Waals surface area contributed by atoms with Gasteiger partial charge in [-0.2, -0.15) is 0 Å². The Labute approximate surface area is 110 Å². The molecule has 1 heterocycles. The van der Waals surface area contributed by atoms with Crippen LogP contribution in [0.4, 0.5) is 5.13 Å². The van der Waals surface area contributed by atoms with Crippen LogP contribution in [0.3, 0.4) is 0 Å². The number of carbonyl (C=O) groups is 2. The fourth-order valence-electron chi connectivity index (χ4n) is 1.51. The van der Waals surface area contributed by atoms with Crippen LogP contribution in [-0.2, 0) is 4.79 Å².